The van der Waals surface area contributed by atoms with Gasteiger partial charge < -0.3 is 10.1 Å². The standard InChI is InChI=1S/C15H12BrF2NO/c16-11-6-13(18)14(7-12(11)17)19-8-10-5-9-3-1-2-4-15(9)20-10/h1-4,6-7,10,19H,5,8H2. The van der Waals surface area contributed by atoms with Crippen LogP contribution in [0, 0.1) is 11.6 Å². The topological polar surface area (TPSA) is 21.3 Å². The zero-order valence-electron chi connectivity index (χ0n) is 10.5. The fraction of sp³-hybridized carbons (Fsp3) is 0.200. The third kappa shape index (κ3) is 2.63. The van der Waals surface area contributed by atoms with Crippen molar-refractivity contribution in [3.05, 3.63) is 58.1 Å². The van der Waals surface area contributed by atoms with Gasteiger partial charge in [0.2, 0.25) is 0 Å². The molecule has 0 amide bonds. The summed E-state index contributed by atoms with van der Waals surface area (Å²) in [4.78, 5) is 0. The largest absolute Gasteiger partial charge is 0.488 e. The molecular weight excluding hydrogens is 328 g/mol. The van der Waals surface area contributed by atoms with Crippen LogP contribution >= 0.6 is 15.9 Å². The Balaban J connectivity index is 1.66. The van der Waals surface area contributed by atoms with E-state index in [1.54, 1.807) is 0 Å². The molecule has 5 heteroatoms. The van der Waals surface area contributed by atoms with Crippen molar-refractivity contribution >= 4 is 21.6 Å². The monoisotopic (exact) mass is 339 g/mol. The molecule has 0 fully saturated rings. The highest BCUT2D eigenvalue weighted by Crippen LogP contribution is 2.29. The number of anilines is 1. The third-order valence-electron chi connectivity index (χ3n) is 3.24. The summed E-state index contributed by atoms with van der Waals surface area (Å²) < 4.78 is 32.9. The van der Waals surface area contributed by atoms with Crippen LogP contribution < -0.4 is 10.1 Å². The van der Waals surface area contributed by atoms with E-state index < -0.39 is 11.6 Å². The maximum atomic E-state index is 13.7. The van der Waals surface area contributed by atoms with Gasteiger partial charge in [0.05, 0.1) is 16.7 Å². The first kappa shape index (κ1) is 13.4. The fourth-order valence-corrected chi connectivity index (χ4v) is 2.57. The Bertz CT molecular complexity index is 623. The first-order valence-corrected chi connectivity index (χ1v) is 7.06. The van der Waals surface area contributed by atoms with E-state index in [0.29, 0.717) is 6.54 Å². The summed E-state index contributed by atoms with van der Waals surface area (Å²) in [5.74, 6) is -0.125. The number of ether oxygens (including phenoxy) is 1. The van der Waals surface area contributed by atoms with Crippen LogP contribution in [0.5, 0.6) is 5.75 Å². The van der Waals surface area contributed by atoms with Crippen molar-refractivity contribution in [3.8, 4) is 5.75 Å². The highest BCUT2D eigenvalue weighted by atomic mass is 79.9. The smallest absolute Gasteiger partial charge is 0.147 e. The molecule has 0 radical (unpaired) electrons. The summed E-state index contributed by atoms with van der Waals surface area (Å²) in [6, 6.07) is 10.0. The summed E-state index contributed by atoms with van der Waals surface area (Å²) in [6.45, 7) is 0.423. The van der Waals surface area contributed by atoms with Crippen LogP contribution in [0.3, 0.4) is 0 Å². The molecule has 2 aromatic rings. The van der Waals surface area contributed by atoms with Crippen molar-refractivity contribution in [2.24, 2.45) is 0 Å². The van der Waals surface area contributed by atoms with E-state index in [1.165, 1.54) is 0 Å². The lowest BCUT2D eigenvalue weighted by molar-refractivity contribution is 0.246. The average molecular weight is 340 g/mol. The molecule has 104 valence electrons. The lowest BCUT2D eigenvalue weighted by Crippen LogP contribution is -2.24. The van der Waals surface area contributed by atoms with Gasteiger partial charge in [-0.3, -0.25) is 0 Å². The van der Waals surface area contributed by atoms with Gasteiger partial charge in [-0.25, -0.2) is 8.78 Å². The van der Waals surface area contributed by atoms with Crippen molar-refractivity contribution < 1.29 is 13.5 Å². The van der Waals surface area contributed by atoms with E-state index in [2.05, 4.69) is 21.2 Å². The normalized spacial score (nSPS) is 16.6. The maximum Gasteiger partial charge on any atom is 0.147 e. The second-order valence-electron chi connectivity index (χ2n) is 4.68. The summed E-state index contributed by atoms with van der Waals surface area (Å²) >= 11 is 2.95. The van der Waals surface area contributed by atoms with Gasteiger partial charge in [-0.2, -0.15) is 0 Å². The highest BCUT2D eigenvalue weighted by molar-refractivity contribution is 9.10. The third-order valence-corrected chi connectivity index (χ3v) is 3.85. The van der Waals surface area contributed by atoms with E-state index in [4.69, 9.17) is 4.74 Å². The van der Waals surface area contributed by atoms with Crippen LogP contribution in [0.1, 0.15) is 5.56 Å². The minimum absolute atomic E-state index is 0.0708. The molecule has 20 heavy (non-hydrogen) atoms. The van der Waals surface area contributed by atoms with Crippen LogP contribution in [0.4, 0.5) is 14.5 Å². The molecule has 1 aliphatic rings. The zero-order valence-corrected chi connectivity index (χ0v) is 12.1. The van der Waals surface area contributed by atoms with Gasteiger partial charge in [0, 0.05) is 12.5 Å². The Hall–Kier alpha value is -1.62. The van der Waals surface area contributed by atoms with Crippen LogP contribution in [0.25, 0.3) is 0 Å². The first-order chi connectivity index (χ1) is 9.63. The van der Waals surface area contributed by atoms with Crippen LogP contribution in [-0.2, 0) is 6.42 Å². The molecule has 1 heterocycles. The van der Waals surface area contributed by atoms with Crippen molar-refractivity contribution in [2.45, 2.75) is 12.5 Å². The van der Waals surface area contributed by atoms with Gasteiger partial charge in [0.25, 0.3) is 0 Å². The molecule has 2 aromatic carbocycles. The van der Waals surface area contributed by atoms with Crippen LogP contribution in [0.2, 0.25) is 0 Å². The molecule has 1 aliphatic heterocycles. The Kier molecular flexibility index (Phi) is 3.61. The van der Waals surface area contributed by atoms with Crippen molar-refractivity contribution in [1.82, 2.24) is 0 Å². The molecule has 0 bridgehead atoms. The lowest BCUT2D eigenvalue weighted by atomic mass is 10.1. The minimum atomic E-state index is -0.496. The second-order valence-corrected chi connectivity index (χ2v) is 5.53. The molecule has 0 spiro atoms. The second kappa shape index (κ2) is 5.40. The number of benzene rings is 2. The van der Waals surface area contributed by atoms with Gasteiger partial charge in [0.15, 0.2) is 0 Å². The van der Waals surface area contributed by atoms with E-state index >= 15 is 0 Å². The average Bonchev–Trinajstić information content (AvgIpc) is 2.84. The van der Waals surface area contributed by atoms with Gasteiger partial charge in [-0.15, -0.1) is 0 Å². The Labute approximate surface area is 123 Å². The zero-order chi connectivity index (χ0) is 14.1. The fourth-order valence-electron chi connectivity index (χ4n) is 2.25. The summed E-state index contributed by atoms with van der Waals surface area (Å²) in [5.41, 5.74) is 1.28. The molecule has 2 nitrogen and oxygen atoms in total. The lowest BCUT2D eigenvalue weighted by Gasteiger charge is -2.13. The molecule has 0 aromatic heterocycles. The number of halogens is 3. The minimum Gasteiger partial charge on any atom is -0.488 e. The Morgan fingerprint density at radius 2 is 2.00 bits per heavy atom. The molecule has 0 aliphatic carbocycles. The molecule has 0 saturated carbocycles. The van der Waals surface area contributed by atoms with E-state index in [1.807, 2.05) is 24.3 Å². The van der Waals surface area contributed by atoms with E-state index in [0.717, 1.165) is 29.9 Å². The Morgan fingerprint density at radius 1 is 1.20 bits per heavy atom. The predicted octanol–water partition coefficient (Wildman–Crippen LogP) is 4.14. The Morgan fingerprint density at radius 3 is 2.80 bits per heavy atom. The number of para-hydroxylation sites is 1. The predicted molar refractivity (Wildman–Crippen MR) is 77.1 cm³/mol. The first-order valence-electron chi connectivity index (χ1n) is 6.26. The highest BCUT2D eigenvalue weighted by Gasteiger charge is 2.22. The molecule has 1 N–H and O–H groups in total. The van der Waals surface area contributed by atoms with Gasteiger partial charge in [0.1, 0.15) is 23.5 Å². The van der Waals surface area contributed by atoms with E-state index in [-0.39, 0.29) is 16.3 Å². The quantitative estimate of drug-likeness (QED) is 0.848. The van der Waals surface area contributed by atoms with E-state index in [9.17, 15) is 8.78 Å². The van der Waals surface area contributed by atoms with Crippen molar-refractivity contribution in [1.29, 1.82) is 0 Å². The van der Waals surface area contributed by atoms with Gasteiger partial charge in [-0.1, -0.05) is 18.2 Å². The summed E-state index contributed by atoms with van der Waals surface area (Å²) in [5, 5.41) is 2.90. The SMILES string of the molecule is Fc1cc(NCC2Cc3ccccc3O2)c(F)cc1Br. The van der Waals surface area contributed by atoms with Crippen LogP contribution in [-0.4, -0.2) is 12.6 Å². The van der Waals surface area contributed by atoms with Crippen LogP contribution in [0.15, 0.2) is 40.9 Å². The number of nitrogens with one attached hydrogen (secondary N) is 1. The van der Waals surface area contributed by atoms with Crippen molar-refractivity contribution in [3.63, 3.8) is 0 Å². The summed E-state index contributed by atoms with van der Waals surface area (Å²) in [6.07, 6.45) is 0.697. The number of rotatable bonds is 3. The van der Waals surface area contributed by atoms with Crippen molar-refractivity contribution in [2.75, 3.05) is 11.9 Å². The molecule has 1 atom stereocenters. The molecule has 3 rings (SSSR count). The number of hydrogen-bond donors (Lipinski definition) is 1. The molecule has 1 unspecified atom stereocenters. The number of fused-ring (bicyclic) bond motifs is 1. The number of hydrogen-bond acceptors (Lipinski definition) is 2. The maximum absolute atomic E-state index is 13.7. The van der Waals surface area contributed by atoms with Gasteiger partial charge in [-0.05, 0) is 33.6 Å². The summed E-state index contributed by atoms with van der Waals surface area (Å²) in [7, 11) is 0. The van der Waals surface area contributed by atoms with Gasteiger partial charge >= 0.3 is 0 Å². The molecular formula is C15H12BrF2NO. The molecule has 0 saturated heterocycles.